The quantitative estimate of drug-likeness (QED) is 0.765. The second kappa shape index (κ2) is 6.66. The van der Waals surface area contributed by atoms with Gasteiger partial charge in [0, 0.05) is 31.1 Å². The van der Waals surface area contributed by atoms with E-state index in [4.69, 9.17) is 4.98 Å². The van der Waals surface area contributed by atoms with Crippen molar-refractivity contribution in [2.75, 3.05) is 7.05 Å². The number of hydrogen-bond donors (Lipinski definition) is 1. The monoisotopic (exact) mass is 418 g/mol. The normalized spacial score (nSPS) is 41.8. The standard InChI is InChI=1S/C26H34N4O/c1-25-12-10-19-17(7-9-21-26(19,2)13-11-23(31)30(21)3)18(25)8-6-16(25)15-22-28-20-5-4-14-27-24(20)29-22/h4-5,11,13-14,16-19,21H,6-10,12,15H2,1-3H3,(H,27,28,29)/t16-,17+,18+,19+,21-,25-,26-/m1/s1. The fraction of sp³-hybridized carbons (Fsp3) is 0.654. The molecule has 3 aliphatic carbocycles. The van der Waals surface area contributed by atoms with E-state index in [9.17, 15) is 4.79 Å². The average molecular weight is 419 g/mol. The molecule has 164 valence electrons. The van der Waals surface area contributed by atoms with Crippen LogP contribution >= 0.6 is 0 Å². The number of nitrogens with one attached hydrogen (secondary N) is 1. The van der Waals surface area contributed by atoms with Crippen molar-refractivity contribution >= 4 is 17.1 Å². The summed E-state index contributed by atoms with van der Waals surface area (Å²) in [5.41, 5.74) is 2.43. The predicted molar refractivity (Wildman–Crippen MR) is 121 cm³/mol. The predicted octanol–water partition coefficient (Wildman–Crippen LogP) is 4.76. The summed E-state index contributed by atoms with van der Waals surface area (Å²) in [5, 5.41) is 0. The van der Waals surface area contributed by atoms with Crippen molar-refractivity contribution in [1.29, 1.82) is 0 Å². The lowest BCUT2D eigenvalue weighted by molar-refractivity contribution is -0.138. The topological polar surface area (TPSA) is 61.9 Å². The molecule has 1 amide bonds. The van der Waals surface area contributed by atoms with Crippen LogP contribution in [0.25, 0.3) is 11.2 Å². The zero-order valence-corrected chi connectivity index (χ0v) is 19.0. The number of hydrogen-bond acceptors (Lipinski definition) is 3. The molecule has 5 nitrogen and oxygen atoms in total. The molecular formula is C26H34N4O. The van der Waals surface area contributed by atoms with Crippen LogP contribution in [0.1, 0.15) is 58.2 Å². The summed E-state index contributed by atoms with van der Waals surface area (Å²) in [7, 11) is 2.01. The Labute approximate surface area is 184 Å². The smallest absolute Gasteiger partial charge is 0.246 e. The number of nitrogens with zero attached hydrogens (tertiary/aromatic N) is 3. The molecule has 4 aliphatic rings. The van der Waals surface area contributed by atoms with Gasteiger partial charge in [-0.15, -0.1) is 0 Å². The van der Waals surface area contributed by atoms with Crippen LogP contribution in [0.5, 0.6) is 0 Å². The van der Waals surface area contributed by atoms with Crippen molar-refractivity contribution < 1.29 is 4.79 Å². The number of imidazole rings is 1. The molecule has 7 atom stereocenters. The van der Waals surface area contributed by atoms with Crippen molar-refractivity contribution in [2.24, 2.45) is 34.5 Å². The van der Waals surface area contributed by atoms with E-state index < -0.39 is 0 Å². The molecule has 2 aromatic heterocycles. The van der Waals surface area contributed by atoms with E-state index in [1.54, 1.807) is 0 Å². The minimum Gasteiger partial charge on any atom is -0.341 e. The molecule has 3 fully saturated rings. The molecule has 0 aromatic carbocycles. The fourth-order valence-electron chi connectivity index (χ4n) is 8.41. The first-order valence-corrected chi connectivity index (χ1v) is 12.2. The first-order valence-electron chi connectivity index (χ1n) is 12.2. The summed E-state index contributed by atoms with van der Waals surface area (Å²) in [4.78, 5) is 27.0. The molecule has 2 aromatic rings. The highest BCUT2D eigenvalue weighted by Crippen LogP contribution is 2.65. The Morgan fingerprint density at radius 1 is 1.16 bits per heavy atom. The number of amides is 1. The Morgan fingerprint density at radius 3 is 2.87 bits per heavy atom. The number of likely N-dealkylation sites (N-methyl/N-ethyl adjacent to an activating group) is 1. The number of fused-ring (bicyclic) bond motifs is 6. The summed E-state index contributed by atoms with van der Waals surface area (Å²) in [6.45, 7) is 5.01. The third-order valence-corrected chi connectivity index (χ3v) is 10.1. The lowest BCUT2D eigenvalue weighted by Crippen LogP contribution is -2.59. The second-order valence-corrected chi connectivity index (χ2v) is 11.2. The minimum absolute atomic E-state index is 0.134. The van der Waals surface area contributed by atoms with E-state index in [0.717, 1.165) is 41.7 Å². The van der Waals surface area contributed by atoms with Crippen molar-refractivity contribution in [3.05, 3.63) is 36.3 Å². The number of pyridine rings is 1. The van der Waals surface area contributed by atoms with Crippen LogP contribution in [0.2, 0.25) is 0 Å². The maximum atomic E-state index is 12.3. The van der Waals surface area contributed by atoms with Gasteiger partial charge in [0.05, 0.1) is 5.52 Å². The summed E-state index contributed by atoms with van der Waals surface area (Å²) >= 11 is 0. The van der Waals surface area contributed by atoms with Gasteiger partial charge in [0.15, 0.2) is 5.65 Å². The van der Waals surface area contributed by atoms with Gasteiger partial charge < -0.3 is 9.88 Å². The van der Waals surface area contributed by atoms with E-state index in [0.29, 0.717) is 23.3 Å². The van der Waals surface area contributed by atoms with Gasteiger partial charge in [-0.2, -0.15) is 0 Å². The second-order valence-electron chi connectivity index (χ2n) is 11.2. The fourth-order valence-corrected chi connectivity index (χ4v) is 8.41. The van der Waals surface area contributed by atoms with Gasteiger partial charge in [-0.25, -0.2) is 9.97 Å². The Balaban J connectivity index is 1.26. The van der Waals surface area contributed by atoms with Gasteiger partial charge in [0.2, 0.25) is 5.91 Å². The van der Waals surface area contributed by atoms with Crippen LogP contribution in [0.3, 0.4) is 0 Å². The highest BCUT2D eigenvalue weighted by molar-refractivity contribution is 5.89. The van der Waals surface area contributed by atoms with Crippen LogP contribution in [-0.2, 0) is 11.2 Å². The molecule has 3 saturated carbocycles. The van der Waals surface area contributed by atoms with E-state index in [1.165, 1.54) is 32.1 Å². The Morgan fingerprint density at radius 2 is 2.03 bits per heavy atom. The number of aromatic nitrogens is 3. The number of carbonyl (C=O) groups is 1. The molecule has 5 heteroatoms. The van der Waals surface area contributed by atoms with E-state index >= 15 is 0 Å². The highest BCUT2D eigenvalue weighted by Gasteiger charge is 2.60. The zero-order valence-electron chi connectivity index (χ0n) is 19.0. The van der Waals surface area contributed by atoms with Crippen molar-refractivity contribution in [3.8, 4) is 0 Å². The van der Waals surface area contributed by atoms with Gasteiger partial charge in [0.1, 0.15) is 5.82 Å². The first-order chi connectivity index (χ1) is 14.9. The summed E-state index contributed by atoms with van der Waals surface area (Å²) in [5.74, 6) is 4.26. The van der Waals surface area contributed by atoms with Crippen LogP contribution in [0, 0.1) is 34.5 Å². The third kappa shape index (κ3) is 2.71. The van der Waals surface area contributed by atoms with Crippen molar-refractivity contribution in [3.63, 3.8) is 0 Å². The Kier molecular flexibility index (Phi) is 4.19. The highest BCUT2D eigenvalue weighted by atomic mass is 16.2. The molecule has 0 bridgehead atoms. The number of rotatable bonds is 2. The molecule has 0 radical (unpaired) electrons. The number of H-pyrrole nitrogens is 1. The summed E-state index contributed by atoms with van der Waals surface area (Å²) in [6, 6.07) is 4.41. The largest absolute Gasteiger partial charge is 0.341 e. The molecule has 1 aliphatic heterocycles. The van der Waals surface area contributed by atoms with Crippen LogP contribution in [-0.4, -0.2) is 38.8 Å². The summed E-state index contributed by atoms with van der Waals surface area (Å²) < 4.78 is 0. The van der Waals surface area contributed by atoms with E-state index in [1.807, 2.05) is 30.3 Å². The molecule has 0 spiro atoms. The van der Waals surface area contributed by atoms with Crippen LogP contribution in [0.4, 0.5) is 0 Å². The van der Waals surface area contributed by atoms with Gasteiger partial charge in [-0.1, -0.05) is 19.9 Å². The molecule has 31 heavy (non-hydrogen) atoms. The Hall–Kier alpha value is -2.17. The van der Waals surface area contributed by atoms with Gasteiger partial charge in [-0.05, 0) is 85.8 Å². The number of aromatic amines is 1. The lowest BCUT2D eigenvalue weighted by Gasteiger charge is -2.60. The molecule has 0 saturated heterocycles. The molecule has 3 heterocycles. The Bertz CT molecular complexity index is 1030. The lowest BCUT2D eigenvalue weighted by atomic mass is 9.47. The molecular weight excluding hydrogens is 384 g/mol. The zero-order chi connectivity index (χ0) is 21.4. The molecule has 0 unspecified atom stereocenters. The number of carbonyl (C=O) groups excluding carboxylic acids is 1. The summed E-state index contributed by atoms with van der Waals surface area (Å²) in [6.07, 6.45) is 14.7. The minimum atomic E-state index is 0.134. The molecule has 1 N–H and O–H groups in total. The maximum absolute atomic E-state index is 12.3. The molecule has 6 rings (SSSR count). The SMILES string of the molecule is CN1C(=O)C=C[C@]2(C)[C@H]3CC[C@]4(C)[C@@H](Cc5nc6ncccc6[nH]5)CC[C@H]4[C@@H]3CC[C@@H]12. The first kappa shape index (κ1) is 19.5. The van der Waals surface area contributed by atoms with Gasteiger partial charge >= 0.3 is 0 Å². The van der Waals surface area contributed by atoms with Gasteiger partial charge in [0.25, 0.3) is 0 Å². The third-order valence-electron chi connectivity index (χ3n) is 10.1. The van der Waals surface area contributed by atoms with Crippen molar-refractivity contribution in [2.45, 2.75) is 64.8 Å². The average Bonchev–Trinajstić information content (AvgIpc) is 3.32. The van der Waals surface area contributed by atoms with E-state index in [2.05, 4.69) is 36.0 Å². The van der Waals surface area contributed by atoms with E-state index in [-0.39, 0.29) is 11.3 Å². The van der Waals surface area contributed by atoms with Gasteiger partial charge in [-0.3, -0.25) is 4.79 Å². The van der Waals surface area contributed by atoms with Crippen LogP contribution < -0.4 is 0 Å². The van der Waals surface area contributed by atoms with Crippen LogP contribution in [0.15, 0.2) is 30.5 Å². The van der Waals surface area contributed by atoms with Crippen molar-refractivity contribution in [1.82, 2.24) is 19.9 Å². The maximum Gasteiger partial charge on any atom is 0.246 e.